The number of aryl methyl sites for hydroxylation is 2. The van der Waals surface area contributed by atoms with Crippen molar-refractivity contribution in [1.29, 1.82) is 0 Å². The lowest BCUT2D eigenvalue weighted by Crippen LogP contribution is -2.15. The Labute approximate surface area is 177 Å². The highest BCUT2D eigenvalue weighted by Gasteiger charge is 2.09. The van der Waals surface area contributed by atoms with Crippen molar-refractivity contribution in [2.45, 2.75) is 45.6 Å². The van der Waals surface area contributed by atoms with Crippen molar-refractivity contribution in [3.63, 3.8) is 0 Å². The van der Waals surface area contributed by atoms with Gasteiger partial charge < -0.3 is 15.2 Å². The zero-order valence-electron chi connectivity index (χ0n) is 17.3. The third-order valence-electron chi connectivity index (χ3n) is 4.85. The normalized spacial score (nSPS) is 10.6. The van der Waals surface area contributed by atoms with Gasteiger partial charge in [-0.1, -0.05) is 38.0 Å². The van der Waals surface area contributed by atoms with Crippen LogP contribution < -0.4 is 10.6 Å². The second-order valence-electron chi connectivity index (χ2n) is 7.29. The average Bonchev–Trinajstić information content (AvgIpc) is 3.28. The Hall–Kier alpha value is -3.41. The van der Waals surface area contributed by atoms with Crippen LogP contribution in [0.3, 0.4) is 0 Å². The van der Waals surface area contributed by atoms with Crippen molar-refractivity contribution in [2.24, 2.45) is 0 Å². The summed E-state index contributed by atoms with van der Waals surface area (Å²) in [4.78, 5) is 28.7. The minimum Gasteiger partial charge on any atom is -0.337 e. The van der Waals surface area contributed by atoms with Gasteiger partial charge in [0.25, 0.3) is 5.91 Å². The fourth-order valence-corrected chi connectivity index (χ4v) is 3.15. The monoisotopic (exact) mass is 404 g/mol. The molecule has 0 aliphatic heterocycles. The summed E-state index contributed by atoms with van der Waals surface area (Å²) in [5.74, 6) is -0.317. The van der Waals surface area contributed by atoms with E-state index in [9.17, 15) is 9.59 Å². The number of aromatic nitrogens is 2. The van der Waals surface area contributed by atoms with Crippen LogP contribution in [0.25, 0.3) is 0 Å². The molecule has 2 amide bonds. The molecule has 3 rings (SSSR count). The number of hydrogen-bond donors (Lipinski definition) is 2. The van der Waals surface area contributed by atoms with E-state index < -0.39 is 0 Å². The first kappa shape index (κ1) is 21.3. The highest BCUT2D eigenvalue weighted by atomic mass is 16.2. The number of rotatable bonds is 10. The van der Waals surface area contributed by atoms with Crippen molar-refractivity contribution in [2.75, 3.05) is 10.6 Å². The molecule has 156 valence electrons. The largest absolute Gasteiger partial charge is 0.337 e. The molecule has 0 aliphatic rings. The number of unbranched alkanes of at least 4 members (excludes halogenated alkanes) is 2. The van der Waals surface area contributed by atoms with Crippen LogP contribution in [-0.2, 0) is 17.8 Å². The molecule has 1 aromatic heterocycles. The molecule has 6 nitrogen and oxygen atoms in total. The van der Waals surface area contributed by atoms with E-state index >= 15 is 0 Å². The van der Waals surface area contributed by atoms with Gasteiger partial charge in [-0.15, -0.1) is 0 Å². The van der Waals surface area contributed by atoms with Gasteiger partial charge in [0.15, 0.2) is 0 Å². The Morgan fingerprint density at radius 1 is 1.00 bits per heavy atom. The molecular formula is C24H28N4O2. The van der Waals surface area contributed by atoms with Gasteiger partial charge in [0.1, 0.15) is 0 Å². The van der Waals surface area contributed by atoms with Crippen LogP contribution in [0.15, 0.2) is 67.3 Å². The summed E-state index contributed by atoms with van der Waals surface area (Å²) in [6.07, 6.45) is 10.2. The molecule has 0 aliphatic carbocycles. The quantitative estimate of drug-likeness (QED) is 0.472. The van der Waals surface area contributed by atoms with Gasteiger partial charge in [-0.3, -0.25) is 9.59 Å². The molecule has 30 heavy (non-hydrogen) atoms. The Kier molecular flexibility index (Phi) is 7.78. The van der Waals surface area contributed by atoms with Crippen LogP contribution in [0.4, 0.5) is 11.4 Å². The summed E-state index contributed by atoms with van der Waals surface area (Å²) in [5, 5.41) is 5.76. The zero-order chi connectivity index (χ0) is 21.2. The molecule has 0 atom stereocenters. The molecule has 3 aromatic rings. The third-order valence-corrected chi connectivity index (χ3v) is 4.85. The number of nitrogens with one attached hydrogen (secondary N) is 2. The van der Waals surface area contributed by atoms with Crippen molar-refractivity contribution < 1.29 is 9.59 Å². The predicted molar refractivity (Wildman–Crippen MR) is 120 cm³/mol. The fourth-order valence-electron chi connectivity index (χ4n) is 3.15. The molecule has 2 N–H and O–H groups in total. The van der Waals surface area contributed by atoms with E-state index in [-0.39, 0.29) is 11.8 Å². The van der Waals surface area contributed by atoms with Gasteiger partial charge in [0, 0.05) is 42.3 Å². The van der Waals surface area contributed by atoms with E-state index in [1.165, 1.54) is 24.8 Å². The lowest BCUT2D eigenvalue weighted by molar-refractivity contribution is -0.116. The first-order valence-corrected chi connectivity index (χ1v) is 10.4. The van der Waals surface area contributed by atoms with Crippen molar-refractivity contribution in [3.05, 3.63) is 78.4 Å². The van der Waals surface area contributed by atoms with E-state index in [1.807, 2.05) is 22.9 Å². The summed E-state index contributed by atoms with van der Waals surface area (Å²) in [6, 6.07) is 14.9. The van der Waals surface area contributed by atoms with Gasteiger partial charge in [0.05, 0.1) is 6.33 Å². The summed E-state index contributed by atoms with van der Waals surface area (Å²) >= 11 is 0. The minimum atomic E-state index is -0.205. The number of benzene rings is 2. The molecule has 0 spiro atoms. The van der Waals surface area contributed by atoms with E-state index in [1.54, 1.807) is 36.8 Å². The molecule has 1 heterocycles. The van der Waals surface area contributed by atoms with E-state index in [2.05, 4.69) is 34.7 Å². The maximum atomic E-state index is 12.6. The number of amides is 2. The maximum Gasteiger partial charge on any atom is 0.255 e. The van der Waals surface area contributed by atoms with Crippen molar-refractivity contribution >= 4 is 23.2 Å². The lowest BCUT2D eigenvalue weighted by atomic mass is 10.1. The Balaban J connectivity index is 1.53. The van der Waals surface area contributed by atoms with Crippen molar-refractivity contribution in [3.8, 4) is 0 Å². The highest BCUT2D eigenvalue weighted by molar-refractivity contribution is 6.05. The van der Waals surface area contributed by atoms with Gasteiger partial charge in [-0.2, -0.15) is 0 Å². The Morgan fingerprint density at radius 3 is 2.57 bits per heavy atom. The van der Waals surface area contributed by atoms with Crippen LogP contribution in [-0.4, -0.2) is 21.4 Å². The molecule has 0 radical (unpaired) electrons. The standard InChI is InChI=1S/C24H28N4O2/c1-2-3-4-6-19-9-11-21(12-10-19)27-24(30)20-7-5-8-22(17-20)26-23(29)13-15-28-16-14-25-18-28/h5,7-12,14,16-18H,2-4,6,13,15H2,1H3,(H,26,29)(H,27,30). The van der Waals surface area contributed by atoms with Crippen LogP contribution in [0, 0.1) is 0 Å². The van der Waals surface area contributed by atoms with Crippen LogP contribution in [0.1, 0.15) is 48.5 Å². The number of anilines is 2. The van der Waals surface area contributed by atoms with Gasteiger partial charge in [-0.05, 0) is 48.7 Å². The van der Waals surface area contributed by atoms with Crippen LogP contribution >= 0.6 is 0 Å². The molecule has 0 unspecified atom stereocenters. The molecule has 2 aromatic carbocycles. The SMILES string of the molecule is CCCCCc1ccc(NC(=O)c2cccc(NC(=O)CCn3ccnc3)c2)cc1. The van der Waals surface area contributed by atoms with Gasteiger partial charge in [0.2, 0.25) is 5.91 Å². The zero-order valence-corrected chi connectivity index (χ0v) is 17.3. The number of carbonyl (C=O) groups excluding carboxylic acids is 2. The molecular weight excluding hydrogens is 376 g/mol. The van der Waals surface area contributed by atoms with Crippen LogP contribution in [0.2, 0.25) is 0 Å². The number of nitrogens with zero attached hydrogens (tertiary/aromatic N) is 2. The minimum absolute atomic E-state index is 0.111. The van der Waals surface area contributed by atoms with Crippen molar-refractivity contribution in [1.82, 2.24) is 9.55 Å². The Morgan fingerprint density at radius 2 is 1.83 bits per heavy atom. The average molecular weight is 405 g/mol. The number of hydrogen-bond acceptors (Lipinski definition) is 3. The summed E-state index contributed by atoms with van der Waals surface area (Å²) in [5.41, 5.74) is 3.13. The first-order chi connectivity index (χ1) is 14.6. The van der Waals surface area contributed by atoms with E-state index in [0.717, 1.165) is 12.1 Å². The highest BCUT2D eigenvalue weighted by Crippen LogP contribution is 2.16. The lowest BCUT2D eigenvalue weighted by Gasteiger charge is -2.09. The number of imidazole rings is 1. The van der Waals surface area contributed by atoms with Gasteiger partial charge >= 0.3 is 0 Å². The first-order valence-electron chi connectivity index (χ1n) is 10.4. The summed E-state index contributed by atoms with van der Waals surface area (Å²) in [7, 11) is 0. The number of carbonyl (C=O) groups is 2. The molecule has 0 bridgehead atoms. The Bertz CT molecular complexity index is 950. The third kappa shape index (κ3) is 6.58. The second kappa shape index (κ2) is 11.0. The molecule has 6 heteroatoms. The fraction of sp³-hybridized carbons (Fsp3) is 0.292. The van der Waals surface area contributed by atoms with E-state index in [0.29, 0.717) is 24.2 Å². The summed E-state index contributed by atoms with van der Waals surface area (Å²) < 4.78 is 1.85. The molecule has 0 fully saturated rings. The second-order valence-corrected chi connectivity index (χ2v) is 7.29. The van der Waals surface area contributed by atoms with Gasteiger partial charge in [-0.25, -0.2) is 4.98 Å². The topological polar surface area (TPSA) is 76.0 Å². The maximum absolute atomic E-state index is 12.6. The van der Waals surface area contributed by atoms with E-state index in [4.69, 9.17) is 0 Å². The summed E-state index contributed by atoms with van der Waals surface area (Å²) in [6.45, 7) is 2.75. The molecule has 0 saturated heterocycles. The molecule has 0 saturated carbocycles. The van der Waals surface area contributed by atoms with Crippen LogP contribution in [0.5, 0.6) is 0 Å². The predicted octanol–water partition coefficient (Wildman–Crippen LogP) is 4.90. The smallest absolute Gasteiger partial charge is 0.255 e.